The van der Waals surface area contributed by atoms with Crippen molar-refractivity contribution in [3.63, 3.8) is 0 Å². The number of aromatic nitrogens is 1. The lowest BCUT2D eigenvalue weighted by Gasteiger charge is -2.11. The van der Waals surface area contributed by atoms with Crippen molar-refractivity contribution >= 4 is 22.6 Å². The van der Waals surface area contributed by atoms with Gasteiger partial charge in [0.15, 0.2) is 0 Å². The van der Waals surface area contributed by atoms with Gasteiger partial charge in [-0.15, -0.1) is 0 Å². The number of nitrogens with zero attached hydrogens (tertiary/aromatic N) is 1. The highest BCUT2D eigenvalue weighted by Crippen LogP contribution is 2.27. The normalized spacial score (nSPS) is 10.9. The van der Waals surface area contributed by atoms with Gasteiger partial charge in [-0.25, -0.2) is 13.8 Å². The molecule has 2 N–H and O–H groups in total. The third kappa shape index (κ3) is 2.14. The minimum Gasteiger partial charge on any atom is -0.326 e. The van der Waals surface area contributed by atoms with Gasteiger partial charge in [0.2, 0.25) is 0 Å². The fourth-order valence-corrected chi connectivity index (χ4v) is 1.80. The number of nitrogens with two attached hydrogens (primary N) is 1. The zero-order chi connectivity index (χ0) is 10.0. The fraction of sp³-hybridized carbons (Fsp3) is 0.375. The van der Waals surface area contributed by atoms with E-state index in [0.717, 1.165) is 0 Å². The van der Waals surface area contributed by atoms with E-state index < -0.39 is 6.43 Å². The average Bonchev–Trinajstić information content (AvgIpc) is 2.07. The quantitative estimate of drug-likeness (QED) is 0.672. The van der Waals surface area contributed by atoms with Crippen molar-refractivity contribution in [3.8, 4) is 0 Å². The summed E-state index contributed by atoms with van der Waals surface area (Å²) in [6.45, 7) is 1.72. The lowest BCUT2D eigenvalue weighted by atomic mass is 10.1. The topological polar surface area (TPSA) is 38.9 Å². The molecule has 0 radical (unpaired) electrons. The SMILES string of the molecule is Cc1cnc(I)c(CN)c1C(F)F. The lowest BCUT2D eigenvalue weighted by molar-refractivity contribution is 0.149. The molecule has 0 saturated carbocycles. The van der Waals surface area contributed by atoms with E-state index in [9.17, 15) is 8.78 Å². The van der Waals surface area contributed by atoms with Crippen LogP contribution in [0.2, 0.25) is 0 Å². The summed E-state index contributed by atoms with van der Waals surface area (Å²) in [5.74, 6) is 0. The van der Waals surface area contributed by atoms with Crippen molar-refractivity contribution in [2.75, 3.05) is 0 Å². The summed E-state index contributed by atoms with van der Waals surface area (Å²) < 4.78 is 25.7. The summed E-state index contributed by atoms with van der Waals surface area (Å²) in [4.78, 5) is 3.97. The molecule has 0 spiro atoms. The van der Waals surface area contributed by atoms with Crippen LogP contribution in [0.4, 0.5) is 8.78 Å². The maximum absolute atomic E-state index is 12.6. The van der Waals surface area contributed by atoms with Crippen LogP contribution in [0.3, 0.4) is 0 Å². The zero-order valence-corrected chi connectivity index (χ0v) is 9.18. The van der Waals surface area contributed by atoms with E-state index in [0.29, 0.717) is 14.8 Å². The van der Waals surface area contributed by atoms with Gasteiger partial charge in [0.05, 0.1) is 0 Å². The van der Waals surface area contributed by atoms with E-state index >= 15 is 0 Å². The largest absolute Gasteiger partial charge is 0.326 e. The third-order valence-corrected chi connectivity index (χ3v) is 2.72. The second-order valence-electron chi connectivity index (χ2n) is 2.63. The van der Waals surface area contributed by atoms with Crippen molar-refractivity contribution in [2.24, 2.45) is 5.73 Å². The Hall–Kier alpha value is -0.300. The van der Waals surface area contributed by atoms with Crippen LogP contribution >= 0.6 is 22.6 Å². The van der Waals surface area contributed by atoms with Gasteiger partial charge < -0.3 is 5.73 Å². The Labute approximate surface area is 88.7 Å². The van der Waals surface area contributed by atoms with Gasteiger partial charge in [-0.05, 0) is 35.1 Å². The van der Waals surface area contributed by atoms with Crippen molar-refractivity contribution < 1.29 is 8.78 Å². The molecule has 0 unspecified atom stereocenters. The highest BCUT2D eigenvalue weighted by molar-refractivity contribution is 14.1. The Kier molecular flexibility index (Phi) is 3.55. The molecule has 2 nitrogen and oxygen atoms in total. The van der Waals surface area contributed by atoms with E-state index in [2.05, 4.69) is 4.98 Å². The predicted molar refractivity (Wildman–Crippen MR) is 54.5 cm³/mol. The van der Waals surface area contributed by atoms with Gasteiger partial charge in [0.1, 0.15) is 3.70 Å². The van der Waals surface area contributed by atoms with Crippen molar-refractivity contribution in [3.05, 3.63) is 26.6 Å². The molecule has 0 saturated heterocycles. The summed E-state index contributed by atoms with van der Waals surface area (Å²) in [5, 5.41) is 0. The highest BCUT2D eigenvalue weighted by Gasteiger charge is 2.17. The maximum atomic E-state index is 12.6. The van der Waals surface area contributed by atoms with Crippen molar-refractivity contribution in [2.45, 2.75) is 19.9 Å². The molecule has 1 aromatic heterocycles. The first-order chi connectivity index (χ1) is 6.07. The molecule has 0 aliphatic rings. The molecule has 72 valence electrons. The van der Waals surface area contributed by atoms with Crippen molar-refractivity contribution in [1.29, 1.82) is 0 Å². The Bertz CT molecular complexity index is 315. The summed E-state index contributed by atoms with van der Waals surface area (Å²) in [6, 6.07) is 0. The molecular weight excluding hydrogens is 289 g/mol. The number of rotatable bonds is 2. The first kappa shape index (κ1) is 10.8. The van der Waals surface area contributed by atoms with Crippen LogP contribution in [-0.4, -0.2) is 4.98 Å². The van der Waals surface area contributed by atoms with Crippen LogP contribution in [0.1, 0.15) is 23.1 Å². The smallest absolute Gasteiger partial charge is 0.264 e. The van der Waals surface area contributed by atoms with Crippen LogP contribution in [0, 0.1) is 10.6 Å². The van der Waals surface area contributed by atoms with Crippen molar-refractivity contribution in [1.82, 2.24) is 4.98 Å². The minimum absolute atomic E-state index is 0.0295. The molecule has 0 aliphatic heterocycles. The van der Waals surface area contributed by atoms with E-state index in [1.165, 1.54) is 6.20 Å². The number of alkyl halides is 2. The first-order valence-electron chi connectivity index (χ1n) is 3.70. The Morgan fingerprint density at radius 1 is 1.62 bits per heavy atom. The standard InChI is InChI=1S/C8H9F2IN2/c1-4-3-13-8(11)5(2-12)6(4)7(9)10/h3,7H,2,12H2,1H3. The average molecular weight is 298 g/mol. The van der Waals surface area contributed by atoms with Crippen LogP contribution in [-0.2, 0) is 6.54 Å². The summed E-state index contributed by atoms with van der Waals surface area (Å²) in [5.41, 5.74) is 6.36. The number of hydrogen-bond acceptors (Lipinski definition) is 2. The molecule has 0 bridgehead atoms. The molecule has 1 aromatic rings. The second kappa shape index (κ2) is 4.28. The molecule has 0 atom stereocenters. The summed E-state index contributed by atoms with van der Waals surface area (Å²) >= 11 is 1.91. The van der Waals surface area contributed by atoms with E-state index in [-0.39, 0.29) is 12.1 Å². The van der Waals surface area contributed by atoms with Crippen LogP contribution < -0.4 is 5.73 Å². The van der Waals surface area contributed by atoms with Gasteiger partial charge in [0.25, 0.3) is 6.43 Å². The van der Waals surface area contributed by atoms with Crippen LogP contribution in [0.5, 0.6) is 0 Å². The minimum atomic E-state index is -2.48. The molecule has 0 amide bonds. The number of halogens is 3. The Morgan fingerprint density at radius 2 is 2.23 bits per heavy atom. The lowest BCUT2D eigenvalue weighted by Crippen LogP contribution is -2.08. The van der Waals surface area contributed by atoms with Gasteiger partial charge in [0, 0.05) is 23.9 Å². The number of pyridine rings is 1. The maximum Gasteiger partial charge on any atom is 0.264 e. The fourth-order valence-electron chi connectivity index (χ4n) is 1.15. The van der Waals surface area contributed by atoms with Crippen LogP contribution in [0.15, 0.2) is 6.20 Å². The number of aryl methyl sites for hydroxylation is 1. The molecule has 5 heteroatoms. The third-order valence-electron chi connectivity index (χ3n) is 1.79. The van der Waals surface area contributed by atoms with Crippen LogP contribution in [0.25, 0.3) is 0 Å². The molecule has 13 heavy (non-hydrogen) atoms. The van der Waals surface area contributed by atoms with Gasteiger partial charge in [-0.1, -0.05) is 0 Å². The Morgan fingerprint density at radius 3 is 2.62 bits per heavy atom. The number of hydrogen-bond donors (Lipinski definition) is 1. The zero-order valence-electron chi connectivity index (χ0n) is 7.02. The molecular formula is C8H9F2IN2. The van der Waals surface area contributed by atoms with E-state index in [1.807, 2.05) is 22.6 Å². The molecule has 1 heterocycles. The second-order valence-corrected chi connectivity index (χ2v) is 3.65. The monoisotopic (exact) mass is 298 g/mol. The molecule has 0 fully saturated rings. The summed E-state index contributed by atoms with van der Waals surface area (Å²) in [7, 11) is 0. The Balaban J connectivity index is 3.35. The van der Waals surface area contributed by atoms with Gasteiger partial charge in [-0.3, -0.25) is 0 Å². The summed E-state index contributed by atoms with van der Waals surface area (Å²) in [6.07, 6.45) is -1.03. The highest BCUT2D eigenvalue weighted by atomic mass is 127. The molecule has 0 aliphatic carbocycles. The van der Waals surface area contributed by atoms with Gasteiger partial charge >= 0.3 is 0 Å². The molecule has 0 aromatic carbocycles. The molecule has 1 rings (SSSR count). The predicted octanol–water partition coefficient (Wildman–Crippen LogP) is 2.39. The van der Waals surface area contributed by atoms with Gasteiger partial charge in [-0.2, -0.15) is 0 Å². The first-order valence-corrected chi connectivity index (χ1v) is 4.78. The van der Waals surface area contributed by atoms with E-state index in [4.69, 9.17) is 5.73 Å². The van der Waals surface area contributed by atoms with E-state index in [1.54, 1.807) is 6.92 Å².